The standard InChI is InChI=1S/C19H16Cl2FN3.C2H7N3/c20-14-6-4-12(10-15(14)21)13-5-7-16(22)18-17(13)19(24-11-23-18)25-8-2-1-3-9-25;1-2(3)5-4/h4-7,10-11H,1-3,8-9H2;4H2,1H3,(H2,3,5). The maximum Gasteiger partial charge on any atom is 0.149 e. The van der Waals surface area contributed by atoms with Crippen LogP contribution in [0.2, 0.25) is 10.0 Å². The lowest BCUT2D eigenvalue weighted by atomic mass is 9.99. The van der Waals surface area contributed by atoms with E-state index in [9.17, 15) is 4.39 Å². The minimum Gasteiger partial charge on any atom is -0.386 e. The van der Waals surface area contributed by atoms with Crippen molar-refractivity contribution in [2.45, 2.75) is 26.2 Å². The summed E-state index contributed by atoms with van der Waals surface area (Å²) in [5, 5.41) is 4.76. The summed E-state index contributed by atoms with van der Waals surface area (Å²) in [6.45, 7) is 3.47. The number of amidine groups is 1. The van der Waals surface area contributed by atoms with Gasteiger partial charge in [0.2, 0.25) is 0 Å². The number of rotatable bonds is 2. The zero-order chi connectivity index (χ0) is 21.7. The molecule has 1 aliphatic heterocycles. The van der Waals surface area contributed by atoms with Gasteiger partial charge in [-0.05, 0) is 55.5 Å². The van der Waals surface area contributed by atoms with E-state index in [-0.39, 0.29) is 5.82 Å². The predicted molar refractivity (Wildman–Crippen MR) is 122 cm³/mol. The van der Waals surface area contributed by atoms with Crippen molar-refractivity contribution in [3.63, 3.8) is 0 Å². The number of nitrogens with two attached hydrogens (primary N) is 2. The first kappa shape index (κ1) is 22.1. The molecule has 4 N–H and O–H groups in total. The number of hydrazone groups is 1. The van der Waals surface area contributed by atoms with E-state index in [0.717, 1.165) is 48.3 Å². The third kappa shape index (κ3) is 4.91. The van der Waals surface area contributed by atoms with E-state index in [4.69, 9.17) is 28.9 Å². The molecular formula is C21H23Cl2FN6. The molecule has 4 rings (SSSR count). The average Bonchev–Trinajstić information content (AvgIpc) is 2.77. The fourth-order valence-electron chi connectivity index (χ4n) is 3.37. The molecule has 0 radical (unpaired) electrons. The number of hydrogen-bond donors (Lipinski definition) is 2. The van der Waals surface area contributed by atoms with Crippen LogP contribution in [0.25, 0.3) is 22.0 Å². The van der Waals surface area contributed by atoms with Gasteiger partial charge in [0.15, 0.2) is 0 Å². The first-order chi connectivity index (χ1) is 14.4. The predicted octanol–water partition coefficient (Wildman–Crippen LogP) is 4.97. The molecule has 1 aliphatic rings. The molecule has 1 saturated heterocycles. The third-order valence-electron chi connectivity index (χ3n) is 4.81. The molecule has 0 aliphatic carbocycles. The largest absolute Gasteiger partial charge is 0.386 e. The van der Waals surface area contributed by atoms with E-state index in [1.54, 1.807) is 25.1 Å². The van der Waals surface area contributed by atoms with Gasteiger partial charge in [-0.2, -0.15) is 5.10 Å². The summed E-state index contributed by atoms with van der Waals surface area (Å²) in [7, 11) is 0. The quantitative estimate of drug-likeness (QED) is 0.249. The van der Waals surface area contributed by atoms with Gasteiger partial charge in [0.05, 0.1) is 15.4 Å². The van der Waals surface area contributed by atoms with Gasteiger partial charge < -0.3 is 16.5 Å². The summed E-state index contributed by atoms with van der Waals surface area (Å²) < 4.78 is 14.4. The lowest BCUT2D eigenvalue weighted by Gasteiger charge is -2.29. The number of benzene rings is 2. The van der Waals surface area contributed by atoms with Crippen molar-refractivity contribution >= 4 is 45.8 Å². The fourth-order valence-corrected chi connectivity index (χ4v) is 3.67. The lowest BCUT2D eigenvalue weighted by molar-refractivity contribution is 0.574. The number of aromatic nitrogens is 2. The smallest absolute Gasteiger partial charge is 0.149 e. The first-order valence-electron chi connectivity index (χ1n) is 9.56. The molecule has 0 spiro atoms. The molecule has 0 unspecified atom stereocenters. The van der Waals surface area contributed by atoms with E-state index in [1.807, 2.05) is 6.07 Å². The fraction of sp³-hybridized carbons (Fsp3) is 0.286. The molecule has 6 nitrogen and oxygen atoms in total. The first-order valence-corrected chi connectivity index (χ1v) is 10.3. The van der Waals surface area contributed by atoms with Gasteiger partial charge in [-0.15, -0.1) is 0 Å². The molecule has 3 aromatic rings. The molecule has 0 atom stereocenters. The Morgan fingerprint density at radius 1 is 1.07 bits per heavy atom. The van der Waals surface area contributed by atoms with Crippen LogP contribution in [0.5, 0.6) is 0 Å². The molecule has 2 aromatic carbocycles. The Bertz CT molecular complexity index is 1060. The minimum absolute atomic E-state index is 0.333. The van der Waals surface area contributed by atoms with Crippen LogP contribution >= 0.6 is 23.2 Å². The van der Waals surface area contributed by atoms with Gasteiger partial charge in [0.1, 0.15) is 29.3 Å². The number of fused-ring (bicyclic) bond motifs is 1. The molecule has 1 aromatic heterocycles. The summed E-state index contributed by atoms with van der Waals surface area (Å²) in [4.78, 5) is 10.9. The molecule has 158 valence electrons. The Morgan fingerprint density at radius 3 is 2.40 bits per heavy atom. The van der Waals surface area contributed by atoms with Gasteiger partial charge in [-0.3, -0.25) is 0 Å². The molecule has 30 heavy (non-hydrogen) atoms. The van der Waals surface area contributed by atoms with Gasteiger partial charge in [0, 0.05) is 13.1 Å². The summed E-state index contributed by atoms with van der Waals surface area (Å²) in [5.41, 5.74) is 6.97. The van der Waals surface area contributed by atoms with E-state index < -0.39 is 0 Å². The van der Waals surface area contributed by atoms with E-state index in [2.05, 4.69) is 25.8 Å². The van der Waals surface area contributed by atoms with Gasteiger partial charge >= 0.3 is 0 Å². The second kappa shape index (κ2) is 9.91. The molecule has 0 bridgehead atoms. The molecule has 0 amide bonds. The number of anilines is 1. The van der Waals surface area contributed by atoms with Gasteiger partial charge in [-0.1, -0.05) is 35.3 Å². The maximum atomic E-state index is 14.4. The highest BCUT2D eigenvalue weighted by molar-refractivity contribution is 6.42. The number of piperidine rings is 1. The second-order valence-electron chi connectivity index (χ2n) is 6.96. The molecule has 2 heterocycles. The van der Waals surface area contributed by atoms with Crippen LogP contribution in [0.15, 0.2) is 41.8 Å². The Kier molecular flexibility index (Phi) is 7.29. The normalized spacial score (nSPS) is 14.4. The molecule has 0 saturated carbocycles. The van der Waals surface area contributed by atoms with Crippen molar-refractivity contribution in [3.8, 4) is 11.1 Å². The van der Waals surface area contributed by atoms with Crippen LogP contribution < -0.4 is 16.5 Å². The van der Waals surface area contributed by atoms with Crippen molar-refractivity contribution in [1.82, 2.24) is 9.97 Å². The van der Waals surface area contributed by atoms with Crippen molar-refractivity contribution in [2.75, 3.05) is 18.0 Å². The summed E-state index contributed by atoms with van der Waals surface area (Å²) in [5.74, 6) is 5.48. The highest BCUT2D eigenvalue weighted by Crippen LogP contribution is 2.37. The van der Waals surface area contributed by atoms with Gasteiger partial charge in [0.25, 0.3) is 0 Å². The number of halogens is 3. The summed E-state index contributed by atoms with van der Waals surface area (Å²) >= 11 is 12.2. The average molecular weight is 449 g/mol. The lowest BCUT2D eigenvalue weighted by Crippen LogP contribution is -2.30. The highest BCUT2D eigenvalue weighted by Gasteiger charge is 2.20. The van der Waals surface area contributed by atoms with Crippen LogP contribution in [0.3, 0.4) is 0 Å². The summed E-state index contributed by atoms with van der Waals surface area (Å²) in [6, 6.07) is 8.62. The highest BCUT2D eigenvalue weighted by atomic mass is 35.5. The Labute approximate surface area is 184 Å². The topological polar surface area (TPSA) is 93.4 Å². The van der Waals surface area contributed by atoms with Crippen LogP contribution in [-0.4, -0.2) is 28.9 Å². The van der Waals surface area contributed by atoms with Crippen molar-refractivity contribution in [2.24, 2.45) is 16.7 Å². The number of nitrogens with zero attached hydrogens (tertiary/aromatic N) is 4. The van der Waals surface area contributed by atoms with Crippen LogP contribution in [0, 0.1) is 5.82 Å². The SMILES string of the molecule is C/C(N)=N/N.Fc1ccc(-c2ccc(Cl)c(Cl)c2)c2c(N3CCCCC3)ncnc12. The molecule has 1 fully saturated rings. The van der Waals surface area contributed by atoms with Crippen LogP contribution in [0.1, 0.15) is 26.2 Å². The Hall–Kier alpha value is -2.64. The molecule has 9 heteroatoms. The van der Waals surface area contributed by atoms with Gasteiger partial charge in [-0.25, -0.2) is 14.4 Å². The van der Waals surface area contributed by atoms with Crippen molar-refractivity contribution in [3.05, 3.63) is 52.5 Å². The zero-order valence-corrected chi connectivity index (χ0v) is 18.1. The number of hydrogen-bond acceptors (Lipinski definition) is 5. The van der Waals surface area contributed by atoms with Crippen molar-refractivity contribution in [1.29, 1.82) is 0 Å². The van der Waals surface area contributed by atoms with Crippen LogP contribution in [0.4, 0.5) is 10.2 Å². The Balaban J connectivity index is 0.000000461. The third-order valence-corrected chi connectivity index (χ3v) is 5.55. The molecular weight excluding hydrogens is 426 g/mol. The maximum absolute atomic E-state index is 14.4. The van der Waals surface area contributed by atoms with E-state index in [0.29, 0.717) is 21.4 Å². The van der Waals surface area contributed by atoms with Crippen molar-refractivity contribution < 1.29 is 4.39 Å². The van der Waals surface area contributed by atoms with E-state index in [1.165, 1.54) is 18.8 Å². The second-order valence-corrected chi connectivity index (χ2v) is 7.78. The summed E-state index contributed by atoms with van der Waals surface area (Å²) in [6.07, 6.45) is 4.88. The van der Waals surface area contributed by atoms with Crippen LogP contribution in [-0.2, 0) is 0 Å². The minimum atomic E-state index is -0.348. The van der Waals surface area contributed by atoms with E-state index >= 15 is 0 Å². The Morgan fingerprint density at radius 2 is 1.77 bits per heavy atom. The zero-order valence-electron chi connectivity index (χ0n) is 16.6. The monoisotopic (exact) mass is 448 g/mol.